The van der Waals surface area contributed by atoms with E-state index >= 15 is 0 Å². The van der Waals surface area contributed by atoms with Gasteiger partial charge in [-0.15, -0.1) is 0 Å². The molecule has 2 heterocycles. The Balaban J connectivity index is 1.47. The van der Waals surface area contributed by atoms with Crippen molar-refractivity contribution < 1.29 is 4.79 Å². The van der Waals surface area contributed by atoms with Crippen LogP contribution in [0.4, 0.5) is 0 Å². The second kappa shape index (κ2) is 11.2. The number of amides is 1. The third kappa shape index (κ3) is 6.59. The SMILES string of the molecule is CCNC(=NCC(C)N1CCC(C)CC1)NC1CCN(C(=O)C2CCCCC2)C1. The zero-order chi connectivity index (χ0) is 20.6. The normalized spacial score (nSPS) is 26.5. The Hall–Kier alpha value is -1.30. The number of piperidine rings is 1. The molecule has 1 aliphatic carbocycles. The van der Waals surface area contributed by atoms with Crippen LogP contribution in [0, 0.1) is 11.8 Å². The van der Waals surface area contributed by atoms with Gasteiger partial charge in [0, 0.05) is 37.6 Å². The van der Waals surface area contributed by atoms with Gasteiger partial charge in [0.1, 0.15) is 0 Å². The van der Waals surface area contributed by atoms with Crippen molar-refractivity contribution in [3.63, 3.8) is 0 Å². The fourth-order valence-corrected chi connectivity index (χ4v) is 5.01. The number of hydrogen-bond donors (Lipinski definition) is 2. The number of carbonyl (C=O) groups is 1. The van der Waals surface area contributed by atoms with Crippen LogP contribution in [0.3, 0.4) is 0 Å². The Morgan fingerprint density at radius 1 is 1.07 bits per heavy atom. The largest absolute Gasteiger partial charge is 0.357 e. The number of hydrogen-bond acceptors (Lipinski definition) is 3. The van der Waals surface area contributed by atoms with E-state index in [2.05, 4.69) is 41.2 Å². The van der Waals surface area contributed by atoms with Gasteiger partial charge in [-0.25, -0.2) is 0 Å². The molecule has 6 nitrogen and oxygen atoms in total. The van der Waals surface area contributed by atoms with Crippen LogP contribution in [0.1, 0.15) is 72.1 Å². The van der Waals surface area contributed by atoms with Gasteiger partial charge in [0.05, 0.1) is 6.54 Å². The van der Waals surface area contributed by atoms with E-state index in [0.29, 0.717) is 18.0 Å². The molecule has 29 heavy (non-hydrogen) atoms. The van der Waals surface area contributed by atoms with Crippen molar-refractivity contribution in [2.45, 2.75) is 84.2 Å². The molecule has 6 heteroatoms. The van der Waals surface area contributed by atoms with E-state index in [0.717, 1.165) is 57.3 Å². The van der Waals surface area contributed by atoms with Crippen LogP contribution < -0.4 is 10.6 Å². The quantitative estimate of drug-likeness (QED) is 0.527. The Bertz CT molecular complexity index is 537. The molecule has 2 N–H and O–H groups in total. The van der Waals surface area contributed by atoms with Gasteiger partial charge in [-0.2, -0.15) is 0 Å². The standard InChI is InChI=1S/C23H43N5O/c1-4-24-23(25-16-19(3)27-13-10-18(2)11-14-27)26-21-12-15-28(17-21)22(29)20-8-6-5-7-9-20/h18-21H,4-17H2,1-3H3,(H2,24,25,26). The van der Waals surface area contributed by atoms with Crippen LogP contribution in [0.25, 0.3) is 0 Å². The average molecular weight is 406 g/mol. The van der Waals surface area contributed by atoms with Crippen molar-refractivity contribution in [3.8, 4) is 0 Å². The number of nitrogens with one attached hydrogen (secondary N) is 2. The molecule has 2 atom stereocenters. The molecular weight excluding hydrogens is 362 g/mol. The highest BCUT2D eigenvalue weighted by Gasteiger charge is 2.31. The molecule has 1 amide bonds. The lowest BCUT2D eigenvalue weighted by Crippen LogP contribution is -2.46. The van der Waals surface area contributed by atoms with Crippen LogP contribution in [0.15, 0.2) is 4.99 Å². The first kappa shape index (κ1) is 22.4. The van der Waals surface area contributed by atoms with Gasteiger partial charge >= 0.3 is 0 Å². The highest BCUT2D eigenvalue weighted by Crippen LogP contribution is 2.26. The summed E-state index contributed by atoms with van der Waals surface area (Å²) >= 11 is 0. The predicted molar refractivity (Wildman–Crippen MR) is 120 cm³/mol. The summed E-state index contributed by atoms with van der Waals surface area (Å²) in [5.74, 6) is 2.44. The third-order valence-corrected chi connectivity index (χ3v) is 7.09. The molecule has 0 aromatic heterocycles. The summed E-state index contributed by atoms with van der Waals surface area (Å²) in [6.45, 7) is 12.5. The van der Waals surface area contributed by atoms with E-state index in [1.54, 1.807) is 0 Å². The molecule has 0 spiro atoms. The summed E-state index contributed by atoms with van der Waals surface area (Å²) in [6, 6.07) is 0.789. The molecule has 3 rings (SSSR count). The van der Waals surface area contributed by atoms with E-state index in [4.69, 9.17) is 4.99 Å². The molecule has 0 radical (unpaired) electrons. The lowest BCUT2D eigenvalue weighted by atomic mass is 9.88. The molecule has 2 unspecified atom stereocenters. The minimum absolute atomic E-state index is 0.275. The van der Waals surface area contributed by atoms with Crippen molar-refractivity contribution in [1.29, 1.82) is 0 Å². The molecular formula is C23H43N5O. The molecule has 1 saturated carbocycles. The first-order valence-corrected chi connectivity index (χ1v) is 12.1. The third-order valence-electron chi connectivity index (χ3n) is 7.09. The van der Waals surface area contributed by atoms with Gasteiger partial charge < -0.3 is 15.5 Å². The van der Waals surface area contributed by atoms with Gasteiger partial charge in [0.2, 0.25) is 5.91 Å². The summed E-state index contributed by atoms with van der Waals surface area (Å²) in [5, 5.41) is 7.00. The highest BCUT2D eigenvalue weighted by molar-refractivity contribution is 5.81. The first-order chi connectivity index (χ1) is 14.1. The van der Waals surface area contributed by atoms with Crippen molar-refractivity contribution in [2.24, 2.45) is 16.8 Å². The van der Waals surface area contributed by atoms with Crippen molar-refractivity contribution in [1.82, 2.24) is 20.4 Å². The molecule has 0 aromatic rings. The topological polar surface area (TPSA) is 60.0 Å². The highest BCUT2D eigenvalue weighted by atomic mass is 16.2. The molecule has 2 aliphatic heterocycles. The molecule has 166 valence electrons. The maximum absolute atomic E-state index is 12.8. The number of likely N-dealkylation sites (tertiary alicyclic amines) is 2. The van der Waals surface area contributed by atoms with Crippen LogP contribution in [-0.4, -0.2) is 73.0 Å². The summed E-state index contributed by atoms with van der Waals surface area (Å²) in [4.78, 5) is 22.4. The van der Waals surface area contributed by atoms with E-state index in [9.17, 15) is 4.79 Å². The Morgan fingerprint density at radius 2 is 1.79 bits per heavy atom. The lowest BCUT2D eigenvalue weighted by molar-refractivity contribution is -0.135. The van der Waals surface area contributed by atoms with Gasteiger partial charge in [-0.1, -0.05) is 26.2 Å². The van der Waals surface area contributed by atoms with Crippen LogP contribution in [0.5, 0.6) is 0 Å². The minimum atomic E-state index is 0.275. The average Bonchev–Trinajstić information content (AvgIpc) is 3.21. The number of nitrogens with zero attached hydrogens (tertiary/aromatic N) is 3. The van der Waals surface area contributed by atoms with Crippen molar-refractivity contribution >= 4 is 11.9 Å². The molecule has 0 bridgehead atoms. The maximum Gasteiger partial charge on any atom is 0.225 e. The fourth-order valence-electron chi connectivity index (χ4n) is 5.01. The maximum atomic E-state index is 12.8. The number of rotatable bonds is 6. The number of guanidine groups is 1. The van der Waals surface area contributed by atoms with E-state index in [1.807, 2.05) is 0 Å². The Morgan fingerprint density at radius 3 is 2.48 bits per heavy atom. The zero-order valence-corrected chi connectivity index (χ0v) is 19.0. The van der Waals surface area contributed by atoms with E-state index < -0.39 is 0 Å². The fraction of sp³-hybridized carbons (Fsp3) is 0.913. The molecule has 0 aromatic carbocycles. The predicted octanol–water partition coefficient (Wildman–Crippen LogP) is 2.84. The van der Waals surface area contributed by atoms with Crippen molar-refractivity contribution in [3.05, 3.63) is 0 Å². The van der Waals surface area contributed by atoms with Crippen LogP contribution in [0.2, 0.25) is 0 Å². The molecule has 3 fully saturated rings. The van der Waals surface area contributed by atoms with Gasteiger partial charge in [0.15, 0.2) is 5.96 Å². The summed E-state index contributed by atoms with van der Waals surface area (Å²) in [7, 11) is 0. The second-order valence-corrected chi connectivity index (χ2v) is 9.54. The number of aliphatic imine (C=N–C) groups is 1. The van der Waals surface area contributed by atoms with Crippen molar-refractivity contribution in [2.75, 3.05) is 39.3 Å². The monoisotopic (exact) mass is 405 g/mol. The summed E-state index contributed by atoms with van der Waals surface area (Å²) in [5.41, 5.74) is 0. The van der Waals surface area contributed by atoms with E-state index in [-0.39, 0.29) is 5.92 Å². The zero-order valence-electron chi connectivity index (χ0n) is 19.0. The smallest absolute Gasteiger partial charge is 0.225 e. The number of carbonyl (C=O) groups excluding carboxylic acids is 1. The second-order valence-electron chi connectivity index (χ2n) is 9.54. The summed E-state index contributed by atoms with van der Waals surface area (Å²) in [6.07, 6.45) is 9.54. The summed E-state index contributed by atoms with van der Waals surface area (Å²) < 4.78 is 0. The first-order valence-electron chi connectivity index (χ1n) is 12.1. The van der Waals surface area contributed by atoms with Gasteiger partial charge in [-0.05, 0) is 65.0 Å². The van der Waals surface area contributed by atoms with Crippen LogP contribution in [-0.2, 0) is 4.79 Å². The Labute approximate surface area is 177 Å². The van der Waals surface area contributed by atoms with Gasteiger partial charge in [-0.3, -0.25) is 14.7 Å². The van der Waals surface area contributed by atoms with Crippen LogP contribution >= 0.6 is 0 Å². The minimum Gasteiger partial charge on any atom is -0.357 e. The Kier molecular flexibility index (Phi) is 8.64. The molecule has 2 saturated heterocycles. The van der Waals surface area contributed by atoms with Gasteiger partial charge in [0.25, 0.3) is 0 Å². The molecule has 3 aliphatic rings. The van der Waals surface area contributed by atoms with E-state index in [1.165, 1.54) is 45.2 Å². The lowest BCUT2D eigenvalue weighted by Gasteiger charge is -2.34.